The highest BCUT2D eigenvalue weighted by Gasteiger charge is 2.24. The summed E-state index contributed by atoms with van der Waals surface area (Å²) in [6.45, 7) is 2.87. The summed E-state index contributed by atoms with van der Waals surface area (Å²) in [5, 5.41) is 19.2. The van der Waals surface area contributed by atoms with E-state index in [-0.39, 0.29) is 6.10 Å². The SMILES string of the molecule is Cc1cnc(-c2cc(C#N)cc(O[C@@H]3CCCN(C(=O)O)C3)c2)s1. The number of ether oxygens (including phenoxy) is 1. The predicted molar refractivity (Wildman–Crippen MR) is 90.2 cm³/mol. The summed E-state index contributed by atoms with van der Waals surface area (Å²) in [5.41, 5.74) is 1.34. The second kappa shape index (κ2) is 6.89. The van der Waals surface area contributed by atoms with Crippen molar-refractivity contribution in [1.29, 1.82) is 5.26 Å². The number of carboxylic acid groups (broad SMARTS) is 1. The first-order chi connectivity index (χ1) is 11.5. The summed E-state index contributed by atoms with van der Waals surface area (Å²) in [7, 11) is 0. The molecule has 2 heterocycles. The molecule has 0 unspecified atom stereocenters. The van der Waals surface area contributed by atoms with E-state index >= 15 is 0 Å². The van der Waals surface area contributed by atoms with E-state index in [1.807, 2.05) is 13.0 Å². The molecule has 1 aromatic heterocycles. The average Bonchev–Trinajstić information content (AvgIpc) is 3.01. The number of hydrogen-bond donors (Lipinski definition) is 1. The molecular weight excluding hydrogens is 326 g/mol. The number of aromatic nitrogens is 1. The van der Waals surface area contributed by atoms with Gasteiger partial charge in [-0.2, -0.15) is 5.26 Å². The Labute approximate surface area is 143 Å². The van der Waals surface area contributed by atoms with Crippen molar-refractivity contribution in [1.82, 2.24) is 9.88 Å². The molecule has 0 bridgehead atoms. The van der Waals surface area contributed by atoms with Crippen LogP contribution >= 0.6 is 11.3 Å². The molecule has 1 aromatic carbocycles. The van der Waals surface area contributed by atoms with Crippen LogP contribution in [0.15, 0.2) is 24.4 Å². The molecule has 2 aromatic rings. The van der Waals surface area contributed by atoms with E-state index in [9.17, 15) is 10.1 Å². The molecular formula is C17H17N3O3S. The van der Waals surface area contributed by atoms with Crippen molar-refractivity contribution in [2.45, 2.75) is 25.9 Å². The summed E-state index contributed by atoms with van der Waals surface area (Å²) in [6.07, 6.45) is 2.24. The standard InChI is InChI=1S/C17H17N3O3S/c1-11-9-19-16(24-11)13-5-12(8-18)6-15(7-13)23-14-3-2-4-20(10-14)17(21)22/h5-7,9,14H,2-4,10H2,1H3,(H,21,22)/t14-/m1/s1. The van der Waals surface area contributed by atoms with Gasteiger partial charge in [0.05, 0.1) is 18.2 Å². The summed E-state index contributed by atoms with van der Waals surface area (Å²) in [4.78, 5) is 17.9. The zero-order valence-electron chi connectivity index (χ0n) is 13.2. The molecule has 1 aliphatic rings. The van der Waals surface area contributed by atoms with Gasteiger partial charge in [-0.3, -0.25) is 0 Å². The number of benzene rings is 1. The van der Waals surface area contributed by atoms with Gasteiger partial charge in [0, 0.05) is 23.2 Å². The van der Waals surface area contributed by atoms with Gasteiger partial charge in [-0.05, 0) is 38.0 Å². The largest absolute Gasteiger partial charge is 0.489 e. The minimum atomic E-state index is -0.923. The Balaban J connectivity index is 1.83. The fraction of sp³-hybridized carbons (Fsp3) is 0.353. The minimum Gasteiger partial charge on any atom is -0.489 e. The molecule has 0 spiro atoms. The van der Waals surface area contributed by atoms with Crippen LogP contribution in [0, 0.1) is 18.3 Å². The minimum absolute atomic E-state index is 0.199. The van der Waals surface area contributed by atoms with Crippen LogP contribution < -0.4 is 4.74 Å². The summed E-state index contributed by atoms with van der Waals surface area (Å²) in [5.74, 6) is 0.578. The Morgan fingerprint density at radius 3 is 3.00 bits per heavy atom. The van der Waals surface area contributed by atoms with Gasteiger partial charge in [0.15, 0.2) is 0 Å². The van der Waals surface area contributed by atoms with Crippen LogP contribution in [0.1, 0.15) is 23.3 Å². The second-order valence-corrected chi connectivity index (χ2v) is 6.98. The first kappa shape index (κ1) is 16.3. The number of hydrogen-bond acceptors (Lipinski definition) is 5. The van der Waals surface area contributed by atoms with E-state index in [4.69, 9.17) is 9.84 Å². The Morgan fingerprint density at radius 1 is 1.50 bits per heavy atom. The number of aryl methyl sites for hydroxylation is 1. The number of thiazole rings is 1. The van der Waals surface area contributed by atoms with Crippen molar-refractivity contribution >= 4 is 17.4 Å². The van der Waals surface area contributed by atoms with Gasteiger partial charge in [0.2, 0.25) is 0 Å². The van der Waals surface area contributed by atoms with Crippen molar-refractivity contribution in [3.8, 4) is 22.4 Å². The van der Waals surface area contributed by atoms with Crippen LogP contribution in [-0.4, -0.2) is 40.3 Å². The van der Waals surface area contributed by atoms with Crippen molar-refractivity contribution in [3.05, 3.63) is 34.8 Å². The van der Waals surface area contributed by atoms with E-state index in [1.165, 1.54) is 4.90 Å². The van der Waals surface area contributed by atoms with Crippen LogP contribution in [0.3, 0.4) is 0 Å². The molecule has 1 saturated heterocycles. The molecule has 0 radical (unpaired) electrons. The molecule has 1 amide bonds. The van der Waals surface area contributed by atoms with Crippen LogP contribution in [0.25, 0.3) is 10.6 Å². The van der Waals surface area contributed by atoms with E-state index in [1.54, 1.807) is 29.7 Å². The van der Waals surface area contributed by atoms with Crippen LogP contribution in [0.5, 0.6) is 5.75 Å². The molecule has 0 saturated carbocycles. The zero-order chi connectivity index (χ0) is 17.1. The molecule has 6 nitrogen and oxygen atoms in total. The topological polar surface area (TPSA) is 86.5 Å². The third-order valence-corrected chi connectivity index (χ3v) is 4.82. The molecule has 0 aliphatic carbocycles. The zero-order valence-corrected chi connectivity index (χ0v) is 14.0. The average molecular weight is 343 g/mol. The van der Waals surface area contributed by atoms with Crippen LogP contribution in [-0.2, 0) is 0 Å². The van der Waals surface area contributed by atoms with Gasteiger partial charge in [0.1, 0.15) is 16.9 Å². The van der Waals surface area contributed by atoms with E-state index in [0.717, 1.165) is 28.3 Å². The monoisotopic (exact) mass is 343 g/mol. The first-order valence-corrected chi connectivity index (χ1v) is 8.49. The third kappa shape index (κ3) is 3.66. The Kier molecular flexibility index (Phi) is 4.67. The van der Waals surface area contributed by atoms with Crippen molar-refractivity contribution < 1.29 is 14.6 Å². The lowest BCUT2D eigenvalue weighted by molar-refractivity contribution is 0.0792. The van der Waals surface area contributed by atoms with Gasteiger partial charge in [-0.25, -0.2) is 9.78 Å². The van der Waals surface area contributed by atoms with Gasteiger partial charge in [-0.15, -0.1) is 11.3 Å². The highest BCUT2D eigenvalue weighted by Crippen LogP contribution is 2.30. The highest BCUT2D eigenvalue weighted by molar-refractivity contribution is 7.14. The predicted octanol–water partition coefficient (Wildman–Crippen LogP) is 3.51. The summed E-state index contributed by atoms with van der Waals surface area (Å²) < 4.78 is 5.97. The van der Waals surface area contributed by atoms with Gasteiger partial charge in [0.25, 0.3) is 0 Å². The van der Waals surface area contributed by atoms with Crippen molar-refractivity contribution in [2.24, 2.45) is 0 Å². The fourth-order valence-corrected chi connectivity index (χ4v) is 3.50. The molecule has 1 N–H and O–H groups in total. The molecule has 7 heteroatoms. The number of amides is 1. The molecule has 1 atom stereocenters. The third-order valence-electron chi connectivity index (χ3n) is 3.86. The Hall–Kier alpha value is -2.59. The van der Waals surface area contributed by atoms with E-state index in [0.29, 0.717) is 24.4 Å². The van der Waals surface area contributed by atoms with Crippen molar-refractivity contribution in [3.63, 3.8) is 0 Å². The lowest BCUT2D eigenvalue weighted by atomic mass is 10.1. The van der Waals surface area contributed by atoms with Gasteiger partial charge >= 0.3 is 6.09 Å². The molecule has 1 fully saturated rings. The number of carbonyl (C=O) groups is 1. The second-order valence-electron chi connectivity index (χ2n) is 5.74. The lowest BCUT2D eigenvalue weighted by Gasteiger charge is -2.31. The fourth-order valence-electron chi connectivity index (χ4n) is 2.74. The number of rotatable bonds is 3. The number of nitrogens with zero attached hydrogens (tertiary/aromatic N) is 3. The summed E-state index contributed by atoms with van der Waals surface area (Å²) in [6, 6.07) is 7.47. The smallest absolute Gasteiger partial charge is 0.407 e. The van der Waals surface area contributed by atoms with E-state index < -0.39 is 6.09 Å². The Bertz CT molecular complexity index is 797. The lowest BCUT2D eigenvalue weighted by Crippen LogP contribution is -2.43. The molecule has 24 heavy (non-hydrogen) atoms. The molecule has 3 rings (SSSR count). The van der Waals surface area contributed by atoms with Crippen LogP contribution in [0.2, 0.25) is 0 Å². The molecule has 1 aliphatic heterocycles. The van der Waals surface area contributed by atoms with Gasteiger partial charge in [-0.1, -0.05) is 0 Å². The Morgan fingerprint density at radius 2 is 2.33 bits per heavy atom. The normalized spacial score (nSPS) is 17.3. The van der Waals surface area contributed by atoms with Crippen LogP contribution in [0.4, 0.5) is 4.79 Å². The maximum Gasteiger partial charge on any atom is 0.407 e. The van der Waals surface area contributed by atoms with E-state index in [2.05, 4.69) is 11.1 Å². The van der Waals surface area contributed by atoms with Gasteiger partial charge < -0.3 is 14.7 Å². The molecule has 124 valence electrons. The summed E-state index contributed by atoms with van der Waals surface area (Å²) >= 11 is 1.56. The maximum absolute atomic E-state index is 11.1. The first-order valence-electron chi connectivity index (χ1n) is 7.67. The highest BCUT2D eigenvalue weighted by atomic mass is 32.1. The number of likely N-dealkylation sites (tertiary alicyclic amines) is 1. The number of nitriles is 1. The number of piperidine rings is 1. The van der Waals surface area contributed by atoms with Crippen molar-refractivity contribution in [2.75, 3.05) is 13.1 Å². The quantitative estimate of drug-likeness (QED) is 0.921. The maximum atomic E-state index is 11.1.